The molecule has 0 aliphatic heterocycles. The highest BCUT2D eigenvalue weighted by atomic mass is 16.6. The molecule has 0 saturated carbocycles. The Morgan fingerprint density at radius 1 is 1.33 bits per heavy atom. The van der Waals surface area contributed by atoms with Crippen LogP contribution in [0, 0.1) is 10.1 Å². The lowest BCUT2D eigenvalue weighted by Gasteiger charge is -2.08. The second kappa shape index (κ2) is 5.20. The number of nitro benzene ring substituents is 1. The van der Waals surface area contributed by atoms with Gasteiger partial charge in [0, 0.05) is 36.6 Å². The lowest BCUT2D eigenvalue weighted by Crippen LogP contribution is -2.02. The molecule has 2 aromatic heterocycles. The average Bonchev–Trinajstić information content (AvgIpc) is 2.90. The standard InChI is InChI=1S/C14H13N5O2/c1-18-8-6-10(17-18)9-16-12-4-5-13(19(20)21)14-11(12)3-2-7-15-14/h2-8,16H,9H2,1H3. The zero-order valence-corrected chi connectivity index (χ0v) is 11.4. The van der Waals surface area contributed by atoms with Gasteiger partial charge in [0.05, 0.1) is 17.2 Å². The topological polar surface area (TPSA) is 85.9 Å². The molecule has 2 heterocycles. The van der Waals surface area contributed by atoms with E-state index in [0.717, 1.165) is 16.8 Å². The van der Waals surface area contributed by atoms with E-state index in [9.17, 15) is 10.1 Å². The largest absolute Gasteiger partial charge is 0.379 e. The third-order valence-electron chi connectivity index (χ3n) is 3.17. The molecule has 0 saturated heterocycles. The van der Waals surface area contributed by atoms with Gasteiger partial charge in [-0.2, -0.15) is 5.10 Å². The molecule has 0 radical (unpaired) electrons. The van der Waals surface area contributed by atoms with Crippen LogP contribution in [0.15, 0.2) is 42.7 Å². The van der Waals surface area contributed by atoms with Crippen LogP contribution in [0.2, 0.25) is 0 Å². The summed E-state index contributed by atoms with van der Waals surface area (Å²) in [6.45, 7) is 0.544. The van der Waals surface area contributed by atoms with Crippen LogP contribution in [0.5, 0.6) is 0 Å². The number of hydrogen-bond acceptors (Lipinski definition) is 5. The van der Waals surface area contributed by atoms with Crippen molar-refractivity contribution in [3.63, 3.8) is 0 Å². The summed E-state index contributed by atoms with van der Waals surface area (Å²) in [7, 11) is 1.86. The van der Waals surface area contributed by atoms with Crippen LogP contribution in [0.25, 0.3) is 10.9 Å². The van der Waals surface area contributed by atoms with Gasteiger partial charge in [-0.15, -0.1) is 0 Å². The average molecular weight is 283 g/mol. The molecule has 7 nitrogen and oxygen atoms in total. The zero-order chi connectivity index (χ0) is 14.8. The van der Waals surface area contributed by atoms with E-state index in [-0.39, 0.29) is 5.69 Å². The van der Waals surface area contributed by atoms with Crippen LogP contribution in [0.3, 0.4) is 0 Å². The van der Waals surface area contributed by atoms with Gasteiger partial charge in [-0.05, 0) is 24.3 Å². The van der Waals surface area contributed by atoms with Crippen molar-refractivity contribution >= 4 is 22.3 Å². The minimum Gasteiger partial charge on any atom is -0.379 e. The van der Waals surface area contributed by atoms with Crippen molar-refractivity contribution in [2.24, 2.45) is 7.05 Å². The molecule has 106 valence electrons. The first kappa shape index (κ1) is 13.0. The maximum atomic E-state index is 11.0. The lowest BCUT2D eigenvalue weighted by molar-refractivity contribution is -0.383. The van der Waals surface area contributed by atoms with Crippen molar-refractivity contribution in [3.8, 4) is 0 Å². The van der Waals surface area contributed by atoms with E-state index in [2.05, 4.69) is 15.4 Å². The Hall–Kier alpha value is -2.96. The fraction of sp³-hybridized carbons (Fsp3) is 0.143. The van der Waals surface area contributed by atoms with Gasteiger partial charge in [0.1, 0.15) is 5.52 Å². The van der Waals surface area contributed by atoms with E-state index in [1.165, 1.54) is 6.07 Å². The van der Waals surface area contributed by atoms with Crippen LogP contribution >= 0.6 is 0 Å². The van der Waals surface area contributed by atoms with Crippen LogP contribution in [-0.2, 0) is 13.6 Å². The molecule has 0 aliphatic rings. The number of rotatable bonds is 4. The molecule has 0 unspecified atom stereocenters. The summed E-state index contributed by atoms with van der Waals surface area (Å²) in [5.74, 6) is 0. The van der Waals surface area contributed by atoms with Crippen molar-refractivity contribution in [1.82, 2.24) is 14.8 Å². The molecule has 0 aliphatic carbocycles. The monoisotopic (exact) mass is 283 g/mol. The van der Waals surface area contributed by atoms with E-state index in [1.807, 2.05) is 25.4 Å². The Balaban J connectivity index is 1.96. The van der Waals surface area contributed by atoms with E-state index in [1.54, 1.807) is 23.0 Å². The van der Waals surface area contributed by atoms with E-state index in [0.29, 0.717) is 12.1 Å². The first-order chi connectivity index (χ1) is 10.1. The third kappa shape index (κ3) is 2.53. The number of nitrogens with zero attached hydrogens (tertiary/aromatic N) is 4. The minimum absolute atomic E-state index is 0.00832. The highest BCUT2D eigenvalue weighted by Crippen LogP contribution is 2.29. The number of nitro groups is 1. The van der Waals surface area contributed by atoms with Gasteiger partial charge in [-0.1, -0.05) is 0 Å². The van der Waals surface area contributed by atoms with Crippen LogP contribution in [0.1, 0.15) is 5.69 Å². The number of benzene rings is 1. The van der Waals surface area contributed by atoms with Gasteiger partial charge in [-0.25, -0.2) is 4.98 Å². The minimum atomic E-state index is -0.419. The van der Waals surface area contributed by atoms with Gasteiger partial charge >= 0.3 is 0 Å². The maximum absolute atomic E-state index is 11.0. The van der Waals surface area contributed by atoms with Gasteiger partial charge in [0.15, 0.2) is 0 Å². The molecular formula is C14H13N5O2. The molecule has 0 spiro atoms. The van der Waals surface area contributed by atoms with Crippen molar-refractivity contribution in [1.29, 1.82) is 0 Å². The van der Waals surface area contributed by atoms with Crippen molar-refractivity contribution in [2.75, 3.05) is 5.32 Å². The number of aromatic nitrogens is 3. The van der Waals surface area contributed by atoms with E-state index < -0.39 is 4.92 Å². The molecule has 3 rings (SSSR count). The molecule has 3 aromatic rings. The summed E-state index contributed by atoms with van der Waals surface area (Å²) < 4.78 is 1.73. The Morgan fingerprint density at radius 2 is 2.19 bits per heavy atom. The molecule has 7 heteroatoms. The second-order valence-electron chi connectivity index (χ2n) is 4.62. The summed E-state index contributed by atoms with van der Waals surface area (Å²) >= 11 is 0. The molecule has 0 atom stereocenters. The number of pyridine rings is 1. The number of aryl methyl sites for hydroxylation is 1. The number of hydrogen-bond donors (Lipinski definition) is 1. The molecule has 21 heavy (non-hydrogen) atoms. The van der Waals surface area contributed by atoms with Crippen LogP contribution < -0.4 is 5.32 Å². The molecule has 0 amide bonds. The fourth-order valence-electron chi connectivity index (χ4n) is 2.20. The summed E-state index contributed by atoms with van der Waals surface area (Å²) in [6.07, 6.45) is 3.42. The quantitative estimate of drug-likeness (QED) is 0.587. The van der Waals surface area contributed by atoms with E-state index >= 15 is 0 Å². The zero-order valence-electron chi connectivity index (χ0n) is 11.4. The summed E-state index contributed by atoms with van der Waals surface area (Å²) in [5, 5.41) is 19.3. The smallest absolute Gasteiger partial charge is 0.295 e. The maximum Gasteiger partial charge on any atom is 0.295 e. The Kier molecular flexibility index (Phi) is 3.23. The van der Waals surface area contributed by atoms with E-state index in [4.69, 9.17) is 0 Å². The highest BCUT2D eigenvalue weighted by molar-refractivity contribution is 5.96. The van der Waals surface area contributed by atoms with Gasteiger partial charge in [0.2, 0.25) is 0 Å². The van der Waals surface area contributed by atoms with Gasteiger partial charge in [-0.3, -0.25) is 14.8 Å². The van der Waals surface area contributed by atoms with Gasteiger partial charge < -0.3 is 5.32 Å². The number of nitrogens with one attached hydrogen (secondary N) is 1. The first-order valence-electron chi connectivity index (χ1n) is 6.39. The predicted octanol–water partition coefficient (Wildman–Crippen LogP) is 2.49. The Morgan fingerprint density at radius 3 is 2.90 bits per heavy atom. The number of non-ortho nitro benzene ring substituents is 1. The van der Waals surface area contributed by atoms with Crippen molar-refractivity contribution in [3.05, 3.63) is 58.5 Å². The SMILES string of the molecule is Cn1ccc(CNc2ccc([N+](=O)[O-])c3ncccc23)n1. The summed E-state index contributed by atoms with van der Waals surface area (Å²) in [4.78, 5) is 14.7. The first-order valence-corrected chi connectivity index (χ1v) is 6.39. The second-order valence-corrected chi connectivity index (χ2v) is 4.62. The molecule has 1 N–H and O–H groups in total. The number of fused-ring (bicyclic) bond motifs is 1. The third-order valence-corrected chi connectivity index (χ3v) is 3.17. The molecule has 0 fully saturated rings. The molecular weight excluding hydrogens is 270 g/mol. The van der Waals surface area contributed by atoms with Crippen molar-refractivity contribution in [2.45, 2.75) is 6.54 Å². The van der Waals surface area contributed by atoms with Gasteiger partial charge in [0.25, 0.3) is 5.69 Å². The fourth-order valence-corrected chi connectivity index (χ4v) is 2.20. The summed E-state index contributed by atoms with van der Waals surface area (Å²) in [5.41, 5.74) is 2.09. The van der Waals surface area contributed by atoms with Crippen molar-refractivity contribution < 1.29 is 4.92 Å². The lowest BCUT2D eigenvalue weighted by atomic mass is 10.1. The normalized spacial score (nSPS) is 10.7. The predicted molar refractivity (Wildman–Crippen MR) is 78.9 cm³/mol. The van der Waals surface area contributed by atoms with Crippen LogP contribution in [0.4, 0.5) is 11.4 Å². The Labute approximate surface area is 120 Å². The molecule has 0 bridgehead atoms. The molecule has 1 aromatic carbocycles. The Bertz CT molecular complexity index is 812. The highest BCUT2D eigenvalue weighted by Gasteiger charge is 2.15. The summed E-state index contributed by atoms with van der Waals surface area (Å²) in [6, 6.07) is 8.66. The number of anilines is 1. The van der Waals surface area contributed by atoms with Crippen LogP contribution in [-0.4, -0.2) is 19.7 Å².